The van der Waals surface area contributed by atoms with E-state index in [9.17, 15) is 8.42 Å². The number of hydrogen-bond donors (Lipinski definition) is 1. The number of aryl methyl sites for hydroxylation is 1. The summed E-state index contributed by atoms with van der Waals surface area (Å²) in [5, 5.41) is 3.58. The summed E-state index contributed by atoms with van der Waals surface area (Å²) in [7, 11) is -3.56. The lowest BCUT2D eigenvalue weighted by molar-refractivity contribution is 0.584. The Bertz CT molecular complexity index is 501. The summed E-state index contributed by atoms with van der Waals surface area (Å²) < 4.78 is 23.3. The van der Waals surface area contributed by atoms with Gasteiger partial charge < -0.3 is 0 Å². The Morgan fingerprint density at radius 3 is 2.44 bits per heavy atom. The van der Waals surface area contributed by atoms with Crippen molar-refractivity contribution in [3.8, 4) is 0 Å². The number of allylic oxidation sites excluding steroid dienone is 1. The van der Waals surface area contributed by atoms with Crippen molar-refractivity contribution >= 4 is 16.2 Å². The molecule has 86 valence electrons. The van der Waals surface area contributed by atoms with Crippen molar-refractivity contribution in [1.29, 1.82) is 0 Å². The highest BCUT2D eigenvalue weighted by Crippen LogP contribution is 2.09. The van der Waals surface area contributed by atoms with E-state index in [0.717, 1.165) is 5.56 Å². The van der Waals surface area contributed by atoms with Gasteiger partial charge >= 0.3 is 0 Å². The molecule has 16 heavy (non-hydrogen) atoms. The predicted molar refractivity (Wildman–Crippen MR) is 64.8 cm³/mol. The molecule has 0 radical (unpaired) electrons. The predicted octanol–water partition coefficient (Wildman–Crippen LogP) is 1.84. The molecule has 0 spiro atoms. The molecule has 0 bridgehead atoms. The van der Waals surface area contributed by atoms with Crippen molar-refractivity contribution in [2.24, 2.45) is 5.10 Å². The lowest BCUT2D eigenvalue weighted by atomic mass is 10.2. The van der Waals surface area contributed by atoms with Crippen LogP contribution in [-0.4, -0.2) is 14.6 Å². The molecule has 1 N–H and O–H groups in total. The van der Waals surface area contributed by atoms with Crippen LogP contribution in [-0.2, 0) is 10.0 Å². The van der Waals surface area contributed by atoms with Crippen LogP contribution < -0.4 is 4.83 Å². The van der Waals surface area contributed by atoms with Crippen LogP contribution in [0, 0.1) is 6.92 Å². The summed E-state index contributed by atoms with van der Waals surface area (Å²) in [5.74, 6) is 0. The summed E-state index contributed by atoms with van der Waals surface area (Å²) in [6, 6.07) is 6.54. The largest absolute Gasteiger partial charge is 0.276 e. The van der Waals surface area contributed by atoms with E-state index < -0.39 is 10.0 Å². The second-order valence-electron chi connectivity index (χ2n) is 3.51. The van der Waals surface area contributed by atoms with E-state index in [1.54, 1.807) is 19.1 Å². The van der Waals surface area contributed by atoms with Crippen LogP contribution in [0.15, 0.2) is 46.4 Å². The van der Waals surface area contributed by atoms with Gasteiger partial charge in [-0.1, -0.05) is 24.3 Å². The number of hydrazone groups is 1. The zero-order valence-corrected chi connectivity index (χ0v) is 10.1. The standard InChI is InChI=1S/C11H14N2O2S/c1-9(2)8-12-13-16(14,15)11-6-4-10(3)5-7-11/h4-8,13H,1H2,2-3H3. The van der Waals surface area contributed by atoms with Gasteiger partial charge in [0.2, 0.25) is 0 Å². The quantitative estimate of drug-likeness (QED) is 0.642. The number of hydrogen-bond acceptors (Lipinski definition) is 3. The lowest BCUT2D eigenvalue weighted by Crippen LogP contribution is -2.18. The third kappa shape index (κ3) is 3.51. The fraction of sp³-hybridized carbons (Fsp3) is 0.182. The molecule has 0 fully saturated rings. The smallest absolute Gasteiger partial charge is 0.200 e. The normalized spacial score (nSPS) is 11.6. The molecule has 0 saturated heterocycles. The molecule has 0 unspecified atom stereocenters. The van der Waals surface area contributed by atoms with Crippen molar-refractivity contribution in [2.45, 2.75) is 18.7 Å². The van der Waals surface area contributed by atoms with E-state index in [0.29, 0.717) is 5.57 Å². The molecule has 0 amide bonds. The number of nitrogens with one attached hydrogen (secondary N) is 1. The molecule has 0 aliphatic rings. The maximum absolute atomic E-state index is 11.7. The molecule has 4 nitrogen and oxygen atoms in total. The van der Waals surface area contributed by atoms with E-state index >= 15 is 0 Å². The first-order valence-electron chi connectivity index (χ1n) is 4.69. The minimum atomic E-state index is -3.56. The zero-order valence-electron chi connectivity index (χ0n) is 9.27. The summed E-state index contributed by atoms with van der Waals surface area (Å²) in [5.41, 5.74) is 1.68. The molecule has 1 aromatic rings. The first-order chi connectivity index (χ1) is 7.42. The Kier molecular flexibility index (Phi) is 3.84. The maximum atomic E-state index is 11.7. The Balaban J connectivity index is 2.86. The first-order valence-corrected chi connectivity index (χ1v) is 6.17. The average molecular weight is 238 g/mol. The van der Waals surface area contributed by atoms with Crippen LogP contribution in [0.4, 0.5) is 0 Å². The molecule has 0 aliphatic heterocycles. The van der Waals surface area contributed by atoms with E-state index in [-0.39, 0.29) is 4.90 Å². The van der Waals surface area contributed by atoms with Gasteiger partial charge in [0.15, 0.2) is 0 Å². The van der Waals surface area contributed by atoms with Crippen LogP contribution in [0.3, 0.4) is 0 Å². The van der Waals surface area contributed by atoms with E-state index in [4.69, 9.17) is 0 Å². The Labute approximate surface area is 95.7 Å². The Morgan fingerprint density at radius 2 is 1.94 bits per heavy atom. The SMILES string of the molecule is C=C(C)C=NNS(=O)(=O)c1ccc(C)cc1. The van der Waals surface area contributed by atoms with Gasteiger partial charge in [0.25, 0.3) is 10.0 Å². The van der Waals surface area contributed by atoms with Crippen molar-refractivity contribution in [2.75, 3.05) is 0 Å². The average Bonchev–Trinajstić information content (AvgIpc) is 2.17. The van der Waals surface area contributed by atoms with Gasteiger partial charge in [0.1, 0.15) is 0 Å². The monoisotopic (exact) mass is 238 g/mol. The highest BCUT2D eigenvalue weighted by Gasteiger charge is 2.11. The molecular formula is C11H14N2O2S. The number of benzene rings is 1. The van der Waals surface area contributed by atoms with Crippen molar-refractivity contribution in [1.82, 2.24) is 4.83 Å². The molecule has 0 aliphatic carbocycles. The fourth-order valence-electron chi connectivity index (χ4n) is 0.976. The fourth-order valence-corrected chi connectivity index (χ4v) is 1.77. The Morgan fingerprint density at radius 1 is 1.38 bits per heavy atom. The lowest BCUT2D eigenvalue weighted by Gasteiger charge is -2.03. The maximum Gasteiger partial charge on any atom is 0.276 e. The molecule has 5 heteroatoms. The third-order valence-electron chi connectivity index (χ3n) is 1.79. The van der Waals surface area contributed by atoms with Gasteiger partial charge in [-0.15, -0.1) is 0 Å². The summed E-state index contributed by atoms with van der Waals surface area (Å²) in [6.07, 6.45) is 1.35. The van der Waals surface area contributed by atoms with Crippen LogP contribution in [0.5, 0.6) is 0 Å². The number of rotatable bonds is 4. The van der Waals surface area contributed by atoms with Crippen LogP contribution in [0.2, 0.25) is 0 Å². The van der Waals surface area contributed by atoms with E-state index in [2.05, 4.69) is 16.5 Å². The molecular weight excluding hydrogens is 224 g/mol. The van der Waals surface area contributed by atoms with Gasteiger partial charge in [0.05, 0.1) is 11.1 Å². The van der Waals surface area contributed by atoms with E-state index in [1.807, 2.05) is 6.92 Å². The Hall–Kier alpha value is -1.62. The minimum absolute atomic E-state index is 0.192. The van der Waals surface area contributed by atoms with Gasteiger partial charge in [0, 0.05) is 0 Å². The molecule has 0 saturated carbocycles. The third-order valence-corrected chi connectivity index (χ3v) is 3.03. The second kappa shape index (κ2) is 4.94. The zero-order chi connectivity index (χ0) is 12.2. The van der Waals surface area contributed by atoms with Crippen molar-refractivity contribution < 1.29 is 8.42 Å². The summed E-state index contributed by atoms with van der Waals surface area (Å²) in [4.78, 5) is 2.30. The van der Waals surface area contributed by atoms with Gasteiger partial charge in [-0.3, -0.25) is 0 Å². The van der Waals surface area contributed by atoms with Crippen LogP contribution in [0.1, 0.15) is 12.5 Å². The molecule has 1 aromatic carbocycles. The highest BCUT2D eigenvalue weighted by molar-refractivity contribution is 7.89. The molecule has 0 atom stereocenters. The molecule has 0 heterocycles. The van der Waals surface area contributed by atoms with Crippen molar-refractivity contribution in [3.63, 3.8) is 0 Å². The van der Waals surface area contributed by atoms with Gasteiger partial charge in [-0.05, 0) is 31.6 Å². The molecule has 0 aromatic heterocycles. The number of nitrogens with zero attached hydrogens (tertiary/aromatic N) is 1. The minimum Gasteiger partial charge on any atom is -0.200 e. The first kappa shape index (κ1) is 12.4. The van der Waals surface area contributed by atoms with Crippen molar-refractivity contribution in [3.05, 3.63) is 42.0 Å². The highest BCUT2D eigenvalue weighted by atomic mass is 32.2. The van der Waals surface area contributed by atoms with E-state index in [1.165, 1.54) is 18.3 Å². The second-order valence-corrected chi connectivity index (χ2v) is 5.17. The topological polar surface area (TPSA) is 58.5 Å². The van der Waals surface area contributed by atoms with Crippen LogP contribution in [0.25, 0.3) is 0 Å². The summed E-state index contributed by atoms with van der Waals surface area (Å²) in [6.45, 7) is 7.19. The van der Waals surface area contributed by atoms with Crippen LogP contribution >= 0.6 is 0 Å². The van der Waals surface area contributed by atoms with Gasteiger partial charge in [-0.2, -0.15) is 13.5 Å². The number of sulfonamides is 1. The summed E-state index contributed by atoms with van der Waals surface area (Å²) >= 11 is 0. The molecule has 1 rings (SSSR count). The van der Waals surface area contributed by atoms with Gasteiger partial charge in [-0.25, -0.2) is 4.83 Å².